The molecule has 20 heavy (non-hydrogen) atoms. The third kappa shape index (κ3) is 2.19. The third-order valence-corrected chi connectivity index (χ3v) is 3.46. The van der Waals surface area contributed by atoms with E-state index in [1.165, 1.54) is 11.3 Å². The van der Waals surface area contributed by atoms with Gasteiger partial charge in [0.25, 0.3) is 5.91 Å². The van der Waals surface area contributed by atoms with E-state index in [9.17, 15) is 4.79 Å². The average Bonchev–Trinajstić information content (AvgIpc) is 2.99. The number of fused-ring (bicyclic) bond motifs is 1. The first-order chi connectivity index (χ1) is 9.79. The normalized spacial score (nSPS) is 10.4. The number of amides is 1. The Labute approximate surface area is 118 Å². The van der Waals surface area contributed by atoms with Gasteiger partial charge in [0.15, 0.2) is 0 Å². The summed E-state index contributed by atoms with van der Waals surface area (Å²) in [6.45, 7) is 0. The number of nitrogens with one attached hydrogen (secondary N) is 2. The smallest absolute Gasteiger partial charge is 0.259 e. The van der Waals surface area contributed by atoms with Crippen molar-refractivity contribution in [2.45, 2.75) is 0 Å². The first-order valence-electron chi connectivity index (χ1n) is 5.92. The fraction of sp³-hybridized carbons (Fsp3) is 0.0769. The van der Waals surface area contributed by atoms with E-state index in [-0.39, 0.29) is 5.91 Å². The maximum Gasteiger partial charge on any atom is 0.259 e. The van der Waals surface area contributed by atoms with Crippen molar-refractivity contribution in [3.05, 3.63) is 41.5 Å². The quantitative estimate of drug-likeness (QED) is 0.772. The largest absolute Gasteiger partial charge is 0.373 e. The van der Waals surface area contributed by atoms with Crippen LogP contribution in [0.1, 0.15) is 10.4 Å². The summed E-state index contributed by atoms with van der Waals surface area (Å²) in [7, 11) is 1.80. The van der Waals surface area contributed by atoms with E-state index in [0.29, 0.717) is 10.7 Å². The van der Waals surface area contributed by atoms with Crippen molar-refractivity contribution in [2.75, 3.05) is 17.7 Å². The van der Waals surface area contributed by atoms with Gasteiger partial charge in [-0.15, -0.1) is 10.2 Å². The number of carbonyl (C=O) groups is 1. The van der Waals surface area contributed by atoms with Crippen molar-refractivity contribution >= 4 is 39.0 Å². The molecule has 0 spiro atoms. The number of aromatic nitrogens is 3. The SMILES string of the molecule is CNc1ncc(C(=O)Nc2nncs2)c2ccccc12. The molecule has 2 N–H and O–H groups in total. The van der Waals surface area contributed by atoms with Gasteiger partial charge in [-0.05, 0) is 5.39 Å². The maximum absolute atomic E-state index is 12.3. The highest BCUT2D eigenvalue weighted by Crippen LogP contribution is 2.24. The fourth-order valence-electron chi connectivity index (χ4n) is 1.96. The topological polar surface area (TPSA) is 79.8 Å². The Morgan fingerprint density at radius 1 is 1.25 bits per heavy atom. The lowest BCUT2D eigenvalue weighted by molar-refractivity contribution is 0.102. The van der Waals surface area contributed by atoms with E-state index < -0.39 is 0 Å². The van der Waals surface area contributed by atoms with Crippen molar-refractivity contribution in [2.24, 2.45) is 0 Å². The molecule has 0 aliphatic heterocycles. The Hall–Kier alpha value is -2.54. The summed E-state index contributed by atoms with van der Waals surface area (Å²) in [6.07, 6.45) is 1.56. The van der Waals surface area contributed by atoms with Crippen LogP contribution in [-0.2, 0) is 0 Å². The first-order valence-corrected chi connectivity index (χ1v) is 6.80. The van der Waals surface area contributed by atoms with Crippen molar-refractivity contribution in [3.63, 3.8) is 0 Å². The highest BCUT2D eigenvalue weighted by atomic mass is 32.1. The van der Waals surface area contributed by atoms with Crippen LogP contribution in [0.15, 0.2) is 36.0 Å². The Morgan fingerprint density at radius 2 is 2.05 bits per heavy atom. The van der Waals surface area contributed by atoms with Gasteiger partial charge in [0.2, 0.25) is 5.13 Å². The predicted molar refractivity (Wildman–Crippen MR) is 79.2 cm³/mol. The van der Waals surface area contributed by atoms with Gasteiger partial charge in [0.05, 0.1) is 5.56 Å². The van der Waals surface area contributed by atoms with Crippen molar-refractivity contribution in [1.82, 2.24) is 15.2 Å². The summed E-state index contributed by atoms with van der Waals surface area (Å²) in [5, 5.41) is 15.4. The van der Waals surface area contributed by atoms with Crippen molar-refractivity contribution in [3.8, 4) is 0 Å². The van der Waals surface area contributed by atoms with Gasteiger partial charge in [0.1, 0.15) is 11.3 Å². The minimum Gasteiger partial charge on any atom is -0.373 e. The van der Waals surface area contributed by atoms with Gasteiger partial charge in [-0.1, -0.05) is 35.6 Å². The zero-order valence-corrected chi connectivity index (χ0v) is 11.4. The molecule has 0 aliphatic carbocycles. The summed E-state index contributed by atoms with van der Waals surface area (Å²) in [4.78, 5) is 16.6. The molecule has 0 fully saturated rings. The van der Waals surface area contributed by atoms with Crippen LogP contribution in [0.5, 0.6) is 0 Å². The maximum atomic E-state index is 12.3. The van der Waals surface area contributed by atoms with E-state index in [0.717, 1.165) is 16.6 Å². The van der Waals surface area contributed by atoms with Gasteiger partial charge in [-0.25, -0.2) is 4.98 Å². The highest BCUT2D eigenvalue weighted by Gasteiger charge is 2.14. The lowest BCUT2D eigenvalue weighted by Crippen LogP contribution is -2.13. The molecule has 6 nitrogen and oxygen atoms in total. The number of anilines is 2. The molecule has 0 saturated heterocycles. The second-order valence-corrected chi connectivity index (χ2v) is 4.85. The van der Waals surface area contributed by atoms with E-state index in [1.807, 2.05) is 24.3 Å². The van der Waals surface area contributed by atoms with Crippen LogP contribution in [0, 0.1) is 0 Å². The molecule has 0 saturated carbocycles. The van der Waals surface area contributed by atoms with Gasteiger partial charge >= 0.3 is 0 Å². The molecule has 3 aromatic rings. The van der Waals surface area contributed by atoms with Crippen LogP contribution in [0.4, 0.5) is 10.9 Å². The van der Waals surface area contributed by atoms with Crippen molar-refractivity contribution < 1.29 is 4.79 Å². The van der Waals surface area contributed by atoms with Crippen LogP contribution in [0.25, 0.3) is 10.8 Å². The number of carbonyl (C=O) groups excluding carboxylic acids is 1. The Morgan fingerprint density at radius 3 is 2.75 bits per heavy atom. The van der Waals surface area contributed by atoms with Crippen LogP contribution >= 0.6 is 11.3 Å². The number of nitrogens with zero attached hydrogens (tertiary/aromatic N) is 3. The Bertz CT molecular complexity index is 757. The second kappa shape index (κ2) is 5.22. The van der Waals surface area contributed by atoms with Gasteiger partial charge < -0.3 is 5.32 Å². The first kappa shape index (κ1) is 12.5. The molecule has 0 bridgehead atoms. The zero-order valence-electron chi connectivity index (χ0n) is 10.6. The molecular formula is C13H11N5OS. The molecule has 1 aromatic carbocycles. The standard InChI is InChI=1S/C13H11N5OS/c1-14-11-9-5-3-2-4-8(9)10(6-15-11)12(19)17-13-18-16-7-20-13/h2-7H,1H3,(H,14,15)(H,17,18,19). The van der Waals surface area contributed by atoms with Gasteiger partial charge in [0, 0.05) is 18.6 Å². The molecule has 0 unspecified atom stereocenters. The highest BCUT2D eigenvalue weighted by molar-refractivity contribution is 7.13. The third-order valence-electron chi connectivity index (χ3n) is 2.86. The molecule has 3 rings (SSSR count). The summed E-state index contributed by atoms with van der Waals surface area (Å²) in [5.41, 5.74) is 2.07. The molecule has 0 radical (unpaired) electrons. The minimum atomic E-state index is -0.242. The van der Waals surface area contributed by atoms with Crippen LogP contribution in [0.2, 0.25) is 0 Å². The number of hydrogen-bond acceptors (Lipinski definition) is 6. The summed E-state index contributed by atoms with van der Waals surface area (Å²) < 4.78 is 0. The monoisotopic (exact) mass is 285 g/mol. The summed E-state index contributed by atoms with van der Waals surface area (Å²) in [5.74, 6) is 0.501. The fourth-order valence-corrected chi connectivity index (χ4v) is 2.40. The number of pyridine rings is 1. The molecule has 7 heteroatoms. The molecule has 0 atom stereocenters. The molecular weight excluding hydrogens is 274 g/mol. The van der Waals surface area contributed by atoms with Crippen molar-refractivity contribution in [1.29, 1.82) is 0 Å². The number of hydrogen-bond donors (Lipinski definition) is 2. The number of rotatable bonds is 3. The lowest BCUT2D eigenvalue weighted by atomic mass is 10.1. The predicted octanol–water partition coefficient (Wildman–Crippen LogP) is 2.38. The van der Waals surface area contributed by atoms with Gasteiger partial charge in [-0.3, -0.25) is 10.1 Å². The average molecular weight is 285 g/mol. The Kier molecular flexibility index (Phi) is 3.26. The molecule has 0 aliphatic rings. The number of benzene rings is 1. The lowest BCUT2D eigenvalue weighted by Gasteiger charge is -2.09. The van der Waals surface area contributed by atoms with E-state index in [1.54, 1.807) is 18.8 Å². The van der Waals surface area contributed by atoms with Crippen LogP contribution in [-0.4, -0.2) is 28.1 Å². The van der Waals surface area contributed by atoms with E-state index >= 15 is 0 Å². The molecule has 2 aromatic heterocycles. The Balaban J connectivity index is 2.05. The van der Waals surface area contributed by atoms with Crippen LogP contribution < -0.4 is 10.6 Å². The molecule has 2 heterocycles. The minimum absolute atomic E-state index is 0.242. The molecule has 100 valence electrons. The summed E-state index contributed by atoms with van der Waals surface area (Å²) in [6, 6.07) is 7.63. The second-order valence-electron chi connectivity index (χ2n) is 4.01. The van der Waals surface area contributed by atoms with E-state index in [4.69, 9.17) is 0 Å². The molecule has 1 amide bonds. The summed E-state index contributed by atoms with van der Waals surface area (Å²) >= 11 is 1.27. The van der Waals surface area contributed by atoms with E-state index in [2.05, 4.69) is 25.8 Å². The van der Waals surface area contributed by atoms with Gasteiger partial charge in [-0.2, -0.15) is 0 Å². The van der Waals surface area contributed by atoms with Crippen LogP contribution in [0.3, 0.4) is 0 Å². The zero-order chi connectivity index (χ0) is 13.9.